The second-order valence-corrected chi connectivity index (χ2v) is 8.75. The van der Waals surface area contributed by atoms with Crippen LogP contribution in [0.1, 0.15) is 24.3 Å². The molecule has 0 spiro atoms. The Labute approximate surface area is 193 Å². The lowest BCUT2D eigenvalue weighted by Crippen LogP contribution is -2.47. The molecule has 1 aliphatic heterocycles. The first-order valence-electron chi connectivity index (χ1n) is 10.8. The van der Waals surface area contributed by atoms with E-state index >= 15 is 0 Å². The van der Waals surface area contributed by atoms with Crippen LogP contribution in [0, 0.1) is 5.92 Å². The number of aromatic nitrogens is 2. The molecule has 8 heteroatoms. The number of methoxy groups -OCH3 is 1. The standard InChI is InChI=1S/C24H28ClN5O2/c1-16(2)15-26-24(31)22-18-6-4-5-7-19(18)23(28-27-22)30-12-10-29(11-13-30)20-14-17(25)8-9-21(20)32-3/h4-9,14,16H,10-13,15H2,1-3H3,(H,26,31). The zero-order chi connectivity index (χ0) is 22.7. The van der Waals surface area contributed by atoms with Crippen LogP contribution in [0.25, 0.3) is 10.8 Å². The Bertz CT molecular complexity index is 1110. The number of hydrogen-bond acceptors (Lipinski definition) is 6. The largest absolute Gasteiger partial charge is 0.495 e. The number of piperazine rings is 1. The van der Waals surface area contributed by atoms with Crippen LogP contribution in [0.15, 0.2) is 42.5 Å². The average molecular weight is 454 g/mol. The monoisotopic (exact) mass is 453 g/mol. The Balaban J connectivity index is 1.56. The second kappa shape index (κ2) is 9.61. The number of amides is 1. The Hall–Kier alpha value is -3.06. The minimum atomic E-state index is -0.188. The number of ether oxygens (including phenoxy) is 1. The third-order valence-corrected chi connectivity index (χ3v) is 5.85. The first-order valence-corrected chi connectivity index (χ1v) is 11.2. The van der Waals surface area contributed by atoms with Crippen LogP contribution in [-0.4, -0.2) is 55.9 Å². The van der Waals surface area contributed by atoms with Crippen LogP contribution < -0.4 is 19.9 Å². The highest BCUT2D eigenvalue weighted by Crippen LogP contribution is 2.33. The fraction of sp³-hybridized carbons (Fsp3) is 0.375. The highest BCUT2D eigenvalue weighted by Gasteiger charge is 2.24. The summed E-state index contributed by atoms with van der Waals surface area (Å²) in [4.78, 5) is 17.2. The second-order valence-electron chi connectivity index (χ2n) is 8.31. The average Bonchev–Trinajstić information content (AvgIpc) is 2.82. The molecule has 1 N–H and O–H groups in total. The van der Waals surface area contributed by atoms with Crippen molar-refractivity contribution >= 4 is 39.8 Å². The van der Waals surface area contributed by atoms with Gasteiger partial charge in [-0.3, -0.25) is 4.79 Å². The van der Waals surface area contributed by atoms with E-state index in [0.717, 1.165) is 54.2 Å². The van der Waals surface area contributed by atoms with Gasteiger partial charge >= 0.3 is 0 Å². The SMILES string of the molecule is COc1ccc(Cl)cc1N1CCN(c2nnc(C(=O)NCC(C)C)c3ccccc23)CC1. The van der Waals surface area contributed by atoms with Crippen molar-refractivity contribution in [3.63, 3.8) is 0 Å². The van der Waals surface area contributed by atoms with Gasteiger partial charge in [-0.25, -0.2) is 0 Å². The van der Waals surface area contributed by atoms with E-state index in [1.165, 1.54) is 0 Å². The van der Waals surface area contributed by atoms with Crippen molar-refractivity contribution in [1.29, 1.82) is 0 Å². The number of anilines is 2. The number of nitrogens with one attached hydrogen (secondary N) is 1. The predicted octanol–water partition coefficient (Wildman–Crippen LogP) is 4.00. The lowest BCUT2D eigenvalue weighted by molar-refractivity contribution is 0.0945. The molecule has 1 fully saturated rings. The highest BCUT2D eigenvalue weighted by atomic mass is 35.5. The maximum Gasteiger partial charge on any atom is 0.272 e. The molecule has 0 atom stereocenters. The summed E-state index contributed by atoms with van der Waals surface area (Å²) in [6, 6.07) is 13.5. The maximum absolute atomic E-state index is 12.7. The number of hydrogen-bond donors (Lipinski definition) is 1. The van der Waals surface area contributed by atoms with E-state index < -0.39 is 0 Å². The summed E-state index contributed by atoms with van der Waals surface area (Å²) >= 11 is 6.22. The molecule has 4 rings (SSSR count). The molecule has 1 saturated heterocycles. The fourth-order valence-electron chi connectivity index (χ4n) is 3.94. The van der Waals surface area contributed by atoms with E-state index in [4.69, 9.17) is 16.3 Å². The van der Waals surface area contributed by atoms with Crippen molar-refractivity contribution in [1.82, 2.24) is 15.5 Å². The van der Waals surface area contributed by atoms with Gasteiger partial charge in [-0.05, 0) is 24.1 Å². The number of halogens is 1. The molecule has 2 heterocycles. The summed E-state index contributed by atoms with van der Waals surface area (Å²) in [6.45, 7) is 7.86. The number of benzene rings is 2. The molecule has 7 nitrogen and oxygen atoms in total. The molecule has 0 saturated carbocycles. The number of nitrogens with zero attached hydrogens (tertiary/aromatic N) is 4. The van der Waals surface area contributed by atoms with Crippen LogP contribution in [0.3, 0.4) is 0 Å². The number of rotatable bonds is 6. The third-order valence-electron chi connectivity index (χ3n) is 5.61. The molecule has 0 aliphatic carbocycles. The molecule has 0 unspecified atom stereocenters. The van der Waals surface area contributed by atoms with Gasteiger partial charge in [-0.1, -0.05) is 49.7 Å². The zero-order valence-corrected chi connectivity index (χ0v) is 19.4. The Morgan fingerprint density at radius 2 is 1.75 bits per heavy atom. The number of carbonyl (C=O) groups is 1. The Morgan fingerprint density at radius 1 is 1.06 bits per heavy atom. The van der Waals surface area contributed by atoms with Gasteiger partial charge in [-0.2, -0.15) is 0 Å². The topological polar surface area (TPSA) is 70.6 Å². The van der Waals surface area contributed by atoms with Gasteiger partial charge in [-0.15, -0.1) is 10.2 Å². The first-order chi connectivity index (χ1) is 15.5. The molecular weight excluding hydrogens is 426 g/mol. The highest BCUT2D eigenvalue weighted by molar-refractivity contribution is 6.31. The summed E-state index contributed by atoms with van der Waals surface area (Å²) in [5.74, 6) is 1.79. The summed E-state index contributed by atoms with van der Waals surface area (Å²) in [6.07, 6.45) is 0. The lowest BCUT2D eigenvalue weighted by Gasteiger charge is -2.37. The van der Waals surface area contributed by atoms with E-state index in [0.29, 0.717) is 23.2 Å². The van der Waals surface area contributed by atoms with Gasteiger partial charge in [0.15, 0.2) is 11.5 Å². The minimum absolute atomic E-state index is 0.188. The van der Waals surface area contributed by atoms with Crippen LogP contribution in [-0.2, 0) is 0 Å². The summed E-state index contributed by atoms with van der Waals surface area (Å²) < 4.78 is 5.52. The number of fused-ring (bicyclic) bond motifs is 1. The van der Waals surface area contributed by atoms with Crippen LogP contribution in [0.2, 0.25) is 5.02 Å². The lowest BCUT2D eigenvalue weighted by atomic mass is 10.1. The van der Waals surface area contributed by atoms with Crippen molar-refractivity contribution in [2.45, 2.75) is 13.8 Å². The van der Waals surface area contributed by atoms with Gasteiger partial charge in [0.2, 0.25) is 0 Å². The van der Waals surface area contributed by atoms with Gasteiger partial charge in [0, 0.05) is 48.5 Å². The van der Waals surface area contributed by atoms with Gasteiger partial charge in [0.25, 0.3) is 5.91 Å². The van der Waals surface area contributed by atoms with Gasteiger partial charge < -0.3 is 19.9 Å². The van der Waals surface area contributed by atoms with Crippen molar-refractivity contribution in [2.24, 2.45) is 5.92 Å². The molecule has 3 aromatic rings. The molecule has 0 radical (unpaired) electrons. The Morgan fingerprint density at radius 3 is 2.44 bits per heavy atom. The molecule has 2 aromatic carbocycles. The van der Waals surface area contributed by atoms with E-state index in [1.54, 1.807) is 7.11 Å². The first kappa shape index (κ1) is 22.1. The summed E-state index contributed by atoms with van der Waals surface area (Å²) in [7, 11) is 1.67. The normalized spacial score (nSPS) is 14.2. The molecule has 1 amide bonds. The zero-order valence-electron chi connectivity index (χ0n) is 18.6. The van der Waals surface area contributed by atoms with Crippen LogP contribution >= 0.6 is 11.6 Å². The van der Waals surface area contributed by atoms with Crippen molar-refractivity contribution < 1.29 is 9.53 Å². The minimum Gasteiger partial charge on any atom is -0.495 e. The predicted molar refractivity (Wildman–Crippen MR) is 129 cm³/mol. The van der Waals surface area contributed by atoms with Gasteiger partial charge in [0.05, 0.1) is 12.8 Å². The van der Waals surface area contributed by atoms with E-state index in [-0.39, 0.29) is 5.91 Å². The van der Waals surface area contributed by atoms with Crippen molar-refractivity contribution in [2.75, 3.05) is 49.6 Å². The van der Waals surface area contributed by atoms with E-state index in [1.807, 2.05) is 42.5 Å². The molecule has 1 aromatic heterocycles. The van der Waals surface area contributed by atoms with Crippen LogP contribution in [0.4, 0.5) is 11.5 Å². The van der Waals surface area contributed by atoms with Gasteiger partial charge in [0.1, 0.15) is 5.75 Å². The fourth-order valence-corrected chi connectivity index (χ4v) is 4.11. The molecule has 0 bridgehead atoms. The Kier molecular flexibility index (Phi) is 6.65. The molecule has 1 aliphatic rings. The third kappa shape index (κ3) is 4.58. The summed E-state index contributed by atoms with van der Waals surface area (Å²) in [5.41, 5.74) is 1.36. The van der Waals surface area contributed by atoms with Crippen molar-refractivity contribution in [3.05, 3.63) is 53.2 Å². The summed E-state index contributed by atoms with van der Waals surface area (Å²) in [5, 5.41) is 14.2. The smallest absolute Gasteiger partial charge is 0.272 e. The van der Waals surface area contributed by atoms with Crippen molar-refractivity contribution in [3.8, 4) is 5.75 Å². The molecule has 32 heavy (non-hydrogen) atoms. The number of carbonyl (C=O) groups excluding carboxylic acids is 1. The maximum atomic E-state index is 12.7. The van der Waals surface area contributed by atoms with E-state index in [9.17, 15) is 4.79 Å². The molecule has 168 valence electrons. The molecular formula is C24H28ClN5O2. The van der Waals surface area contributed by atoms with Crippen LogP contribution in [0.5, 0.6) is 5.75 Å². The van der Waals surface area contributed by atoms with E-state index in [2.05, 4.69) is 39.2 Å². The quantitative estimate of drug-likeness (QED) is 0.608.